The van der Waals surface area contributed by atoms with Crippen LogP contribution >= 0.6 is 0 Å². The fraction of sp³-hybridized carbons (Fsp3) is 0.417. The van der Waals surface area contributed by atoms with E-state index in [1.807, 2.05) is 29.2 Å². The van der Waals surface area contributed by atoms with Gasteiger partial charge < -0.3 is 15.4 Å². The van der Waals surface area contributed by atoms with Gasteiger partial charge in [-0.15, -0.1) is 10.2 Å². The summed E-state index contributed by atoms with van der Waals surface area (Å²) in [4.78, 5) is 6.46. The maximum atomic E-state index is 5.59. The normalized spacial score (nSPS) is 10.8. The van der Waals surface area contributed by atoms with Gasteiger partial charge in [-0.2, -0.15) is 0 Å². The van der Waals surface area contributed by atoms with E-state index in [-0.39, 0.29) is 0 Å². The van der Waals surface area contributed by atoms with Gasteiger partial charge in [0.1, 0.15) is 5.52 Å². The van der Waals surface area contributed by atoms with Crippen molar-refractivity contribution in [3.05, 3.63) is 24.3 Å². The Hall–Kier alpha value is -1.79. The highest BCUT2D eigenvalue weighted by atomic mass is 16.5. The number of nitrogens with two attached hydrogens (primary N) is 1. The van der Waals surface area contributed by atoms with E-state index in [0.717, 1.165) is 11.0 Å². The van der Waals surface area contributed by atoms with Crippen molar-refractivity contribution in [3.63, 3.8) is 0 Å². The molecule has 96 valence electrons. The van der Waals surface area contributed by atoms with Crippen molar-refractivity contribution in [2.75, 3.05) is 38.3 Å². The van der Waals surface area contributed by atoms with Gasteiger partial charge in [-0.25, -0.2) is 4.98 Å². The third-order valence-electron chi connectivity index (χ3n) is 2.60. The van der Waals surface area contributed by atoms with E-state index in [1.165, 1.54) is 0 Å². The number of aromatic nitrogens is 3. The topological polar surface area (TPSA) is 77.2 Å². The first-order valence-electron chi connectivity index (χ1n) is 5.88. The molecule has 1 aromatic heterocycles. The van der Waals surface area contributed by atoms with E-state index < -0.39 is 0 Å². The Morgan fingerprint density at radius 3 is 2.67 bits per heavy atom. The zero-order valence-electron chi connectivity index (χ0n) is 10.4. The van der Waals surface area contributed by atoms with Gasteiger partial charge in [0, 0.05) is 26.7 Å². The van der Waals surface area contributed by atoms with Crippen molar-refractivity contribution in [1.82, 2.24) is 15.2 Å². The number of rotatable bonds is 6. The molecule has 0 atom stereocenters. The predicted molar refractivity (Wildman–Crippen MR) is 70.5 cm³/mol. The van der Waals surface area contributed by atoms with Crippen LogP contribution < -0.4 is 10.6 Å². The first-order valence-corrected chi connectivity index (χ1v) is 5.88. The molecule has 0 spiro atoms. The summed E-state index contributed by atoms with van der Waals surface area (Å²) >= 11 is 0. The zero-order chi connectivity index (χ0) is 12.8. The molecule has 0 saturated heterocycles. The maximum absolute atomic E-state index is 5.59. The summed E-state index contributed by atoms with van der Waals surface area (Å²) in [7, 11) is 1.67. The Kier molecular flexibility index (Phi) is 4.38. The van der Waals surface area contributed by atoms with Crippen LogP contribution in [0.5, 0.6) is 0 Å². The number of methoxy groups -OCH3 is 1. The third-order valence-corrected chi connectivity index (χ3v) is 2.60. The molecule has 18 heavy (non-hydrogen) atoms. The van der Waals surface area contributed by atoms with Crippen LogP contribution in [0.25, 0.3) is 11.0 Å². The average Bonchev–Trinajstić information content (AvgIpc) is 2.43. The van der Waals surface area contributed by atoms with Crippen LogP contribution in [0.15, 0.2) is 24.3 Å². The molecule has 0 amide bonds. The fourth-order valence-corrected chi connectivity index (χ4v) is 1.68. The number of benzene rings is 1. The minimum Gasteiger partial charge on any atom is -0.383 e. The van der Waals surface area contributed by atoms with Gasteiger partial charge in [0.05, 0.1) is 12.1 Å². The quantitative estimate of drug-likeness (QED) is 0.798. The van der Waals surface area contributed by atoms with Crippen LogP contribution in [0.3, 0.4) is 0 Å². The number of para-hydroxylation sites is 1. The van der Waals surface area contributed by atoms with E-state index >= 15 is 0 Å². The maximum Gasteiger partial charge on any atom is 0.246 e. The summed E-state index contributed by atoms with van der Waals surface area (Å²) < 4.78 is 5.07. The van der Waals surface area contributed by atoms with Crippen molar-refractivity contribution in [3.8, 4) is 0 Å². The molecule has 1 aromatic carbocycles. The van der Waals surface area contributed by atoms with E-state index in [0.29, 0.717) is 32.2 Å². The standard InChI is InChI=1S/C12H17N5O/c1-18-9-8-17(7-6-13)12-14-10-4-2-3-5-11(10)15-16-12/h2-5H,6-9,13H2,1H3. The van der Waals surface area contributed by atoms with Gasteiger partial charge in [-0.05, 0) is 12.1 Å². The van der Waals surface area contributed by atoms with Gasteiger partial charge in [0.2, 0.25) is 5.95 Å². The van der Waals surface area contributed by atoms with Crippen LogP contribution in [0.4, 0.5) is 5.95 Å². The second kappa shape index (κ2) is 6.23. The highest BCUT2D eigenvalue weighted by Crippen LogP contribution is 2.11. The van der Waals surface area contributed by atoms with E-state index in [9.17, 15) is 0 Å². The summed E-state index contributed by atoms with van der Waals surface area (Å²) in [6.07, 6.45) is 0. The minimum absolute atomic E-state index is 0.542. The van der Waals surface area contributed by atoms with Crippen LogP contribution in [0.1, 0.15) is 0 Å². The fourth-order valence-electron chi connectivity index (χ4n) is 1.68. The van der Waals surface area contributed by atoms with Crippen molar-refractivity contribution in [1.29, 1.82) is 0 Å². The minimum atomic E-state index is 0.542. The molecule has 2 aromatic rings. The van der Waals surface area contributed by atoms with Gasteiger partial charge in [-0.1, -0.05) is 12.1 Å². The number of ether oxygens (including phenoxy) is 1. The van der Waals surface area contributed by atoms with Crippen molar-refractivity contribution in [2.24, 2.45) is 5.73 Å². The van der Waals surface area contributed by atoms with Crippen LogP contribution in [0, 0.1) is 0 Å². The molecule has 0 aliphatic carbocycles. The predicted octanol–water partition coefficient (Wildman–Crippen LogP) is 0.436. The molecule has 1 heterocycles. The summed E-state index contributed by atoms with van der Waals surface area (Å²) in [5.74, 6) is 0.594. The molecule has 0 saturated carbocycles. The Labute approximate surface area is 106 Å². The Balaban J connectivity index is 2.25. The molecule has 0 radical (unpaired) electrons. The van der Waals surface area contributed by atoms with E-state index in [1.54, 1.807) is 7.11 Å². The number of hydrogen-bond donors (Lipinski definition) is 1. The number of fused-ring (bicyclic) bond motifs is 1. The first-order chi connectivity index (χ1) is 8.85. The number of anilines is 1. The lowest BCUT2D eigenvalue weighted by Crippen LogP contribution is -2.33. The molecule has 6 heteroatoms. The highest BCUT2D eigenvalue weighted by Gasteiger charge is 2.10. The van der Waals surface area contributed by atoms with Gasteiger partial charge in [0.25, 0.3) is 0 Å². The number of hydrogen-bond acceptors (Lipinski definition) is 6. The largest absolute Gasteiger partial charge is 0.383 e. The van der Waals surface area contributed by atoms with Crippen LogP contribution in [0.2, 0.25) is 0 Å². The molecule has 0 aliphatic rings. The van der Waals surface area contributed by atoms with Crippen molar-refractivity contribution in [2.45, 2.75) is 0 Å². The van der Waals surface area contributed by atoms with Gasteiger partial charge in [0.15, 0.2) is 0 Å². The second-order valence-corrected chi connectivity index (χ2v) is 3.87. The van der Waals surface area contributed by atoms with Crippen LogP contribution in [-0.4, -0.2) is 48.5 Å². The average molecular weight is 247 g/mol. The second-order valence-electron chi connectivity index (χ2n) is 3.87. The summed E-state index contributed by atoms with van der Waals surface area (Å²) in [6.45, 7) is 2.53. The third kappa shape index (κ3) is 2.91. The summed E-state index contributed by atoms with van der Waals surface area (Å²) in [5.41, 5.74) is 7.22. The Morgan fingerprint density at radius 1 is 1.17 bits per heavy atom. The molecule has 2 rings (SSSR count). The summed E-state index contributed by atoms with van der Waals surface area (Å²) in [6, 6.07) is 7.66. The first kappa shape index (κ1) is 12.7. The molecule has 2 N–H and O–H groups in total. The van der Waals surface area contributed by atoms with Crippen LogP contribution in [-0.2, 0) is 4.74 Å². The molecule has 0 aliphatic heterocycles. The SMILES string of the molecule is COCCN(CCN)c1nnc2ccccc2n1. The molecule has 6 nitrogen and oxygen atoms in total. The Bertz CT molecular complexity index is 505. The van der Waals surface area contributed by atoms with Crippen molar-refractivity contribution < 1.29 is 4.74 Å². The summed E-state index contributed by atoms with van der Waals surface area (Å²) in [5, 5.41) is 8.29. The smallest absolute Gasteiger partial charge is 0.246 e. The van der Waals surface area contributed by atoms with E-state index in [4.69, 9.17) is 10.5 Å². The monoisotopic (exact) mass is 247 g/mol. The molecule has 0 bridgehead atoms. The zero-order valence-corrected chi connectivity index (χ0v) is 10.4. The Morgan fingerprint density at radius 2 is 1.94 bits per heavy atom. The lowest BCUT2D eigenvalue weighted by Gasteiger charge is -2.20. The van der Waals surface area contributed by atoms with E-state index in [2.05, 4.69) is 15.2 Å². The lowest BCUT2D eigenvalue weighted by atomic mass is 10.3. The highest BCUT2D eigenvalue weighted by molar-refractivity contribution is 5.74. The van der Waals surface area contributed by atoms with Gasteiger partial charge in [-0.3, -0.25) is 0 Å². The molecule has 0 fully saturated rings. The van der Waals surface area contributed by atoms with Crippen molar-refractivity contribution >= 4 is 17.0 Å². The molecule has 0 unspecified atom stereocenters. The lowest BCUT2D eigenvalue weighted by molar-refractivity contribution is 0.205. The number of nitrogens with zero attached hydrogens (tertiary/aromatic N) is 4. The van der Waals surface area contributed by atoms with Gasteiger partial charge >= 0.3 is 0 Å². The molecular weight excluding hydrogens is 230 g/mol. The molecular formula is C12H17N5O.